The molecule has 1 aromatic carbocycles. The summed E-state index contributed by atoms with van der Waals surface area (Å²) in [4.78, 5) is 4.29. The van der Waals surface area contributed by atoms with Crippen LogP contribution in [0.4, 0.5) is 4.39 Å². The summed E-state index contributed by atoms with van der Waals surface area (Å²) in [6, 6.07) is 8.44. The molecular formula is C15H15Cl2FN2. The normalized spacial score (nSPS) is 14.1. The van der Waals surface area contributed by atoms with E-state index in [1.807, 2.05) is 32.0 Å². The second-order valence-corrected chi connectivity index (χ2v) is 5.47. The fraction of sp³-hybridized carbons (Fsp3) is 0.267. The van der Waals surface area contributed by atoms with Crippen LogP contribution in [0.2, 0.25) is 10.0 Å². The molecule has 1 unspecified atom stereocenters. The van der Waals surface area contributed by atoms with Crippen LogP contribution in [-0.4, -0.2) is 4.98 Å². The van der Waals surface area contributed by atoms with Crippen molar-refractivity contribution in [1.29, 1.82) is 0 Å². The van der Waals surface area contributed by atoms with Crippen LogP contribution in [-0.2, 0) is 0 Å². The van der Waals surface area contributed by atoms with Gasteiger partial charge in [0.15, 0.2) is 0 Å². The minimum Gasteiger partial charge on any atom is -0.302 e. The Morgan fingerprint density at radius 3 is 2.50 bits per heavy atom. The van der Waals surface area contributed by atoms with Crippen molar-refractivity contribution >= 4 is 23.2 Å². The van der Waals surface area contributed by atoms with Crippen molar-refractivity contribution in [2.24, 2.45) is 0 Å². The highest BCUT2D eigenvalue weighted by Crippen LogP contribution is 2.29. The van der Waals surface area contributed by atoms with Gasteiger partial charge in [0.05, 0.1) is 10.7 Å². The highest BCUT2D eigenvalue weighted by Gasteiger charge is 2.16. The summed E-state index contributed by atoms with van der Waals surface area (Å²) in [6.45, 7) is 3.92. The smallest absolute Gasteiger partial charge is 0.142 e. The van der Waals surface area contributed by atoms with Crippen molar-refractivity contribution in [2.75, 3.05) is 0 Å². The molecule has 1 aromatic heterocycles. The van der Waals surface area contributed by atoms with Crippen molar-refractivity contribution < 1.29 is 4.39 Å². The second-order valence-electron chi connectivity index (χ2n) is 4.65. The van der Waals surface area contributed by atoms with Crippen LogP contribution in [0.1, 0.15) is 37.2 Å². The van der Waals surface area contributed by atoms with E-state index in [2.05, 4.69) is 10.3 Å². The van der Waals surface area contributed by atoms with Crippen LogP contribution in [0, 0.1) is 5.82 Å². The van der Waals surface area contributed by atoms with Crippen molar-refractivity contribution in [3.05, 3.63) is 63.6 Å². The van der Waals surface area contributed by atoms with E-state index in [0.717, 1.165) is 5.69 Å². The first-order valence-electron chi connectivity index (χ1n) is 6.30. The van der Waals surface area contributed by atoms with E-state index in [4.69, 9.17) is 23.2 Å². The summed E-state index contributed by atoms with van der Waals surface area (Å²) < 4.78 is 13.5. The molecule has 0 fully saturated rings. The first-order valence-corrected chi connectivity index (χ1v) is 7.06. The van der Waals surface area contributed by atoms with Crippen molar-refractivity contribution in [3.8, 4) is 0 Å². The molecule has 5 heteroatoms. The third-order valence-corrected chi connectivity index (χ3v) is 3.75. The van der Waals surface area contributed by atoms with Gasteiger partial charge in [0.2, 0.25) is 0 Å². The lowest BCUT2D eigenvalue weighted by Crippen LogP contribution is -2.23. The molecule has 2 nitrogen and oxygen atoms in total. The number of pyridine rings is 1. The molecule has 20 heavy (non-hydrogen) atoms. The van der Waals surface area contributed by atoms with Gasteiger partial charge < -0.3 is 5.32 Å². The fourth-order valence-corrected chi connectivity index (χ4v) is 2.60. The molecule has 0 spiro atoms. The zero-order valence-corrected chi connectivity index (χ0v) is 12.7. The summed E-state index contributed by atoms with van der Waals surface area (Å²) in [7, 11) is 0. The monoisotopic (exact) mass is 312 g/mol. The molecule has 1 heterocycles. The molecule has 0 aliphatic rings. The van der Waals surface area contributed by atoms with Crippen LogP contribution < -0.4 is 5.32 Å². The van der Waals surface area contributed by atoms with Gasteiger partial charge in [-0.05, 0) is 43.7 Å². The maximum Gasteiger partial charge on any atom is 0.142 e. The summed E-state index contributed by atoms with van der Waals surface area (Å²) in [5.41, 5.74) is 1.60. The highest BCUT2D eigenvalue weighted by molar-refractivity contribution is 6.35. The minimum absolute atomic E-state index is 0.0287. The van der Waals surface area contributed by atoms with Gasteiger partial charge in [-0.15, -0.1) is 0 Å². The third-order valence-electron chi connectivity index (χ3n) is 3.14. The molecule has 0 bridgehead atoms. The first-order chi connectivity index (χ1) is 9.49. The summed E-state index contributed by atoms with van der Waals surface area (Å²) in [5.74, 6) is -0.467. The summed E-state index contributed by atoms with van der Waals surface area (Å²) in [6.07, 6.45) is 1.74. The number of aromatic nitrogens is 1. The van der Waals surface area contributed by atoms with E-state index in [-0.39, 0.29) is 17.1 Å². The van der Waals surface area contributed by atoms with Crippen LogP contribution >= 0.6 is 23.2 Å². The number of hydrogen-bond donors (Lipinski definition) is 1. The fourth-order valence-electron chi connectivity index (χ4n) is 2.05. The van der Waals surface area contributed by atoms with E-state index in [0.29, 0.717) is 10.6 Å². The largest absolute Gasteiger partial charge is 0.302 e. The standard InChI is InChI=1S/C15H15Cl2FN2/c1-9(11-7-14(18)13(17)8-12(11)16)20-10(2)15-5-3-4-6-19-15/h3-10,20H,1-2H3/t9?,10-/m0/s1. The number of nitrogens with one attached hydrogen (secondary N) is 1. The van der Waals surface area contributed by atoms with E-state index < -0.39 is 5.82 Å². The van der Waals surface area contributed by atoms with Crippen molar-refractivity contribution in [1.82, 2.24) is 10.3 Å². The number of rotatable bonds is 4. The Hall–Kier alpha value is -1.16. The average molecular weight is 313 g/mol. The molecule has 2 aromatic rings. The molecule has 0 radical (unpaired) electrons. The zero-order valence-electron chi connectivity index (χ0n) is 11.2. The van der Waals surface area contributed by atoms with E-state index in [1.54, 1.807) is 6.20 Å². The molecule has 0 saturated heterocycles. The van der Waals surface area contributed by atoms with Gasteiger partial charge in [-0.1, -0.05) is 29.3 Å². The van der Waals surface area contributed by atoms with Crippen LogP contribution in [0.5, 0.6) is 0 Å². The van der Waals surface area contributed by atoms with Gasteiger partial charge in [-0.2, -0.15) is 0 Å². The van der Waals surface area contributed by atoms with Gasteiger partial charge in [-0.25, -0.2) is 4.39 Å². The second kappa shape index (κ2) is 6.53. The third kappa shape index (κ3) is 3.48. The topological polar surface area (TPSA) is 24.9 Å². The number of nitrogens with zero attached hydrogens (tertiary/aromatic N) is 1. The maximum atomic E-state index is 13.5. The van der Waals surface area contributed by atoms with E-state index in [1.165, 1.54) is 12.1 Å². The van der Waals surface area contributed by atoms with Gasteiger partial charge in [-0.3, -0.25) is 4.98 Å². The van der Waals surface area contributed by atoms with Crippen LogP contribution in [0.15, 0.2) is 36.5 Å². The molecule has 1 N–H and O–H groups in total. The lowest BCUT2D eigenvalue weighted by Gasteiger charge is -2.21. The van der Waals surface area contributed by atoms with Crippen LogP contribution in [0.3, 0.4) is 0 Å². The van der Waals surface area contributed by atoms with Gasteiger partial charge in [0, 0.05) is 23.3 Å². The highest BCUT2D eigenvalue weighted by atomic mass is 35.5. The lowest BCUT2D eigenvalue weighted by atomic mass is 10.1. The Morgan fingerprint density at radius 2 is 1.85 bits per heavy atom. The maximum absolute atomic E-state index is 13.5. The number of hydrogen-bond acceptors (Lipinski definition) is 2. The summed E-state index contributed by atoms with van der Waals surface area (Å²) >= 11 is 11.8. The Morgan fingerprint density at radius 1 is 1.10 bits per heavy atom. The minimum atomic E-state index is -0.467. The quantitative estimate of drug-likeness (QED) is 0.809. The molecule has 2 atom stereocenters. The Bertz CT molecular complexity index is 590. The molecule has 0 aliphatic carbocycles. The lowest BCUT2D eigenvalue weighted by molar-refractivity contribution is 0.484. The van der Waals surface area contributed by atoms with Crippen molar-refractivity contribution in [2.45, 2.75) is 25.9 Å². The van der Waals surface area contributed by atoms with Crippen molar-refractivity contribution in [3.63, 3.8) is 0 Å². The van der Waals surface area contributed by atoms with Gasteiger partial charge in [0.25, 0.3) is 0 Å². The number of halogens is 3. The predicted molar refractivity (Wildman–Crippen MR) is 80.6 cm³/mol. The molecule has 106 valence electrons. The Balaban J connectivity index is 2.16. The first kappa shape index (κ1) is 15.2. The van der Waals surface area contributed by atoms with Gasteiger partial charge in [0.1, 0.15) is 5.82 Å². The predicted octanol–water partition coefficient (Wildman–Crippen LogP) is 4.94. The molecule has 0 saturated carbocycles. The Labute approximate surface area is 127 Å². The molecule has 0 amide bonds. The molecular weight excluding hydrogens is 298 g/mol. The molecule has 2 rings (SSSR count). The SMILES string of the molecule is CC(N[C@@H](C)c1ccccn1)c1cc(F)c(Cl)cc1Cl. The summed E-state index contributed by atoms with van der Waals surface area (Å²) in [5, 5.41) is 3.82. The average Bonchev–Trinajstić information content (AvgIpc) is 2.43. The number of benzene rings is 1. The van der Waals surface area contributed by atoms with E-state index >= 15 is 0 Å². The van der Waals surface area contributed by atoms with E-state index in [9.17, 15) is 4.39 Å². The Kier molecular flexibility index (Phi) is 4.97. The van der Waals surface area contributed by atoms with Gasteiger partial charge >= 0.3 is 0 Å². The molecule has 0 aliphatic heterocycles. The van der Waals surface area contributed by atoms with Crippen LogP contribution in [0.25, 0.3) is 0 Å². The zero-order chi connectivity index (χ0) is 14.7.